The van der Waals surface area contributed by atoms with Crippen molar-refractivity contribution >= 4 is 35.2 Å². The molecule has 0 unspecified atom stereocenters. The van der Waals surface area contributed by atoms with E-state index in [9.17, 15) is 27.6 Å². The molecule has 1 N–H and O–H groups in total. The van der Waals surface area contributed by atoms with Crippen molar-refractivity contribution in [3.63, 3.8) is 0 Å². The number of halogens is 3. The maximum atomic E-state index is 12.5. The lowest BCUT2D eigenvalue weighted by Crippen LogP contribution is -2.30. The van der Waals surface area contributed by atoms with Gasteiger partial charge in [0.05, 0.1) is 22.4 Å². The molecule has 0 saturated carbocycles. The van der Waals surface area contributed by atoms with E-state index in [2.05, 4.69) is 5.32 Å². The number of benzene rings is 2. The minimum Gasteiger partial charge on any atom is -0.325 e. The second-order valence-corrected chi connectivity index (χ2v) is 7.80. The van der Waals surface area contributed by atoms with E-state index in [1.807, 2.05) is 0 Å². The SMILES string of the molecule is O=C(CSCCCCN1C(=O)c2ccccc2C1=O)Nc1ccc(C(F)(F)F)cc1. The van der Waals surface area contributed by atoms with E-state index in [-0.39, 0.29) is 23.5 Å². The monoisotopic (exact) mass is 436 g/mol. The Hall–Kier alpha value is -2.81. The van der Waals surface area contributed by atoms with Crippen LogP contribution in [-0.2, 0) is 11.0 Å². The predicted molar refractivity (Wildman–Crippen MR) is 108 cm³/mol. The number of hydrogen-bond donors (Lipinski definition) is 1. The molecule has 0 aromatic heterocycles. The van der Waals surface area contributed by atoms with Crippen LogP contribution in [0.1, 0.15) is 39.1 Å². The van der Waals surface area contributed by atoms with Crippen LogP contribution in [0.15, 0.2) is 48.5 Å². The topological polar surface area (TPSA) is 66.5 Å². The quantitative estimate of drug-likeness (QED) is 0.490. The number of nitrogens with zero attached hydrogens (tertiary/aromatic N) is 1. The summed E-state index contributed by atoms with van der Waals surface area (Å²) in [5.74, 6) is -0.0454. The predicted octanol–water partition coefficient (Wildman–Crippen LogP) is 4.45. The van der Waals surface area contributed by atoms with Crippen LogP contribution in [0.25, 0.3) is 0 Å². The maximum absolute atomic E-state index is 12.5. The third-order valence-electron chi connectivity index (χ3n) is 4.53. The van der Waals surface area contributed by atoms with Gasteiger partial charge in [0.15, 0.2) is 0 Å². The lowest BCUT2D eigenvalue weighted by atomic mass is 10.1. The fourth-order valence-corrected chi connectivity index (χ4v) is 3.83. The molecule has 0 aliphatic carbocycles. The number of unbranched alkanes of at least 4 members (excludes halogenated alkanes) is 1. The number of fused-ring (bicyclic) bond motifs is 1. The lowest BCUT2D eigenvalue weighted by Gasteiger charge is -2.13. The van der Waals surface area contributed by atoms with Crippen LogP contribution >= 0.6 is 11.8 Å². The highest BCUT2D eigenvalue weighted by Gasteiger charge is 2.34. The van der Waals surface area contributed by atoms with E-state index < -0.39 is 11.7 Å². The molecule has 1 heterocycles. The molecule has 0 saturated heterocycles. The summed E-state index contributed by atoms with van der Waals surface area (Å²) in [4.78, 5) is 37.6. The first-order chi connectivity index (χ1) is 14.3. The lowest BCUT2D eigenvalue weighted by molar-refractivity contribution is -0.137. The number of nitrogens with one attached hydrogen (secondary N) is 1. The molecule has 2 aromatic rings. The van der Waals surface area contributed by atoms with Crippen molar-refractivity contribution in [2.75, 3.05) is 23.4 Å². The first-order valence-electron chi connectivity index (χ1n) is 9.27. The first-order valence-corrected chi connectivity index (χ1v) is 10.4. The molecule has 0 bridgehead atoms. The highest BCUT2D eigenvalue weighted by molar-refractivity contribution is 7.99. The Morgan fingerprint density at radius 2 is 1.53 bits per heavy atom. The fourth-order valence-electron chi connectivity index (χ4n) is 3.02. The molecule has 9 heteroatoms. The Morgan fingerprint density at radius 3 is 2.10 bits per heavy atom. The van der Waals surface area contributed by atoms with E-state index >= 15 is 0 Å². The summed E-state index contributed by atoms with van der Waals surface area (Å²) in [5.41, 5.74) is 0.390. The van der Waals surface area contributed by atoms with Crippen LogP contribution in [0.2, 0.25) is 0 Å². The molecule has 3 rings (SSSR count). The van der Waals surface area contributed by atoms with Gasteiger partial charge >= 0.3 is 6.18 Å². The van der Waals surface area contributed by atoms with Gasteiger partial charge in [0.1, 0.15) is 0 Å². The first kappa shape index (κ1) is 21.9. The van der Waals surface area contributed by atoms with Crippen molar-refractivity contribution in [3.8, 4) is 0 Å². The van der Waals surface area contributed by atoms with E-state index in [0.717, 1.165) is 12.1 Å². The molecule has 0 radical (unpaired) electrons. The molecular weight excluding hydrogens is 417 g/mol. The summed E-state index contributed by atoms with van der Waals surface area (Å²) >= 11 is 1.38. The Bertz CT molecular complexity index is 910. The fraction of sp³-hybridized carbons (Fsp3) is 0.286. The average Bonchev–Trinajstić information content (AvgIpc) is 2.95. The molecule has 158 valence electrons. The zero-order valence-electron chi connectivity index (χ0n) is 15.9. The number of rotatable bonds is 8. The number of thioether (sulfide) groups is 1. The molecule has 1 aliphatic heterocycles. The van der Waals surface area contributed by atoms with Gasteiger partial charge in [-0.3, -0.25) is 19.3 Å². The van der Waals surface area contributed by atoms with Gasteiger partial charge in [0, 0.05) is 12.2 Å². The zero-order valence-corrected chi connectivity index (χ0v) is 16.7. The number of anilines is 1. The van der Waals surface area contributed by atoms with E-state index in [4.69, 9.17) is 0 Å². The van der Waals surface area contributed by atoms with Gasteiger partial charge in [-0.1, -0.05) is 12.1 Å². The molecule has 1 aliphatic rings. The van der Waals surface area contributed by atoms with Gasteiger partial charge in [-0.15, -0.1) is 0 Å². The zero-order chi connectivity index (χ0) is 21.7. The van der Waals surface area contributed by atoms with Crippen molar-refractivity contribution in [1.82, 2.24) is 4.90 Å². The number of amides is 3. The Labute approximate surface area is 175 Å². The van der Waals surface area contributed by atoms with Crippen LogP contribution in [0.5, 0.6) is 0 Å². The van der Waals surface area contributed by atoms with E-state index in [1.54, 1.807) is 24.3 Å². The van der Waals surface area contributed by atoms with Crippen LogP contribution in [0, 0.1) is 0 Å². The number of alkyl halides is 3. The third kappa shape index (κ3) is 5.21. The molecular formula is C21H19F3N2O3S. The van der Waals surface area contributed by atoms with Crippen molar-refractivity contribution in [2.45, 2.75) is 19.0 Å². The van der Waals surface area contributed by atoms with Crippen LogP contribution in [0.3, 0.4) is 0 Å². The summed E-state index contributed by atoms with van der Waals surface area (Å²) in [7, 11) is 0. The van der Waals surface area contributed by atoms with Gasteiger partial charge < -0.3 is 5.32 Å². The third-order valence-corrected chi connectivity index (χ3v) is 5.57. The highest BCUT2D eigenvalue weighted by atomic mass is 32.2. The summed E-state index contributed by atoms with van der Waals surface area (Å²) < 4.78 is 37.6. The summed E-state index contributed by atoms with van der Waals surface area (Å²) in [6, 6.07) is 11.0. The van der Waals surface area contributed by atoms with Crippen molar-refractivity contribution < 1.29 is 27.6 Å². The largest absolute Gasteiger partial charge is 0.416 e. The highest BCUT2D eigenvalue weighted by Crippen LogP contribution is 2.29. The maximum Gasteiger partial charge on any atom is 0.416 e. The molecule has 5 nitrogen and oxygen atoms in total. The number of hydrogen-bond acceptors (Lipinski definition) is 4. The van der Waals surface area contributed by atoms with Crippen molar-refractivity contribution in [2.24, 2.45) is 0 Å². The summed E-state index contributed by atoms with van der Waals surface area (Å²) in [5, 5.41) is 2.55. The minimum absolute atomic E-state index is 0.161. The Kier molecular flexibility index (Phi) is 6.81. The van der Waals surface area contributed by atoms with Crippen molar-refractivity contribution in [1.29, 1.82) is 0 Å². The average molecular weight is 436 g/mol. The van der Waals surface area contributed by atoms with Gasteiger partial charge in [-0.25, -0.2) is 0 Å². The van der Waals surface area contributed by atoms with Gasteiger partial charge in [0.2, 0.25) is 5.91 Å². The standard InChI is InChI=1S/C21H19F3N2O3S/c22-21(23,24)14-7-9-15(10-8-14)25-18(27)13-30-12-4-3-11-26-19(28)16-5-1-2-6-17(16)20(26)29/h1-2,5-10H,3-4,11-13H2,(H,25,27). The van der Waals surface area contributed by atoms with Crippen molar-refractivity contribution in [3.05, 3.63) is 65.2 Å². The van der Waals surface area contributed by atoms with Crippen LogP contribution < -0.4 is 5.32 Å². The molecule has 0 atom stereocenters. The van der Waals surface area contributed by atoms with Crippen LogP contribution in [-0.4, -0.2) is 40.7 Å². The molecule has 0 fully saturated rings. The number of carbonyl (C=O) groups is 3. The molecule has 30 heavy (non-hydrogen) atoms. The van der Waals surface area contributed by atoms with Gasteiger partial charge in [0.25, 0.3) is 11.8 Å². The Morgan fingerprint density at radius 1 is 0.933 bits per heavy atom. The minimum atomic E-state index is -4.41. The molecule has 0 spiro atoms. The summed E-state index contributed by atoms with van der Waals surface area (Å²) in [6.45, 7) is 0.324. The molecule has 2 aromatic carbocycles. The number of carbonyl (C=O) groups excluding carboxylic acids is 3. The second kappa shape index (κ2) is 9.34. The van der Waals surface area contributed by atoms with Gasteiger partial charge in [-0.2, -0.15) is 24.9 Å². The van der Waals surface area contributed by atoms with E-state index in [1.165, 1.54) is 28.8 Å². The second-order valence-electron chi connectivity index (χ2n) is 6.69. The number of imide groups is 1. The summed E-state index contributed by atoms with van der Waals surface area (Å²) in [6.07, 6.45) is -3.07. The smallest absolute Gasteiger partial charge is 0.325 e. The van der Waals surface area contributed by atoms with Gasteiger partial charge in [-0.05, 0) is 55.0 Å². The van der Waals surface area contributed by atoms with Crippen LogP contribution in [0.4, 0.5) is 18.9 Å². The normalized spacial score (nSPS) is 13.5. The Balaban J connectivity index is 1.33. The molecule has 3 amide bonds. The van der Waals surface area contributed by atoms with E-state index in [0.29, 0.717) is 42.0 Å².